The van der Waals surface area contributed by atoms with E-state index in [1.54, 1.807) is 18.5 Å². The number of aryl methyl sites for hydroxylation is 1. The molecule has 1 aromatic heterocycles. The van der Waals surface area contributed by atoms with Crippen LogP contribution in [0.2, 0.25) is 0 Å². The molecule has 1 saturated heterocycles. The summed E-state index contributed by atoms with van der Waals surface area (Å²) in [6, 6.07) is 10.1. The summed E-state index contributed by atoms with van der Waals surface area (Å²) >= 11 is 0. The van der Waals surface area contributed by atoms with E-state index < -0.39 is 11.5 Å². The van der Waals surface area contributed by atoms with Crippen molar-refractivity contribution in [2.45, 2.75) is 43.6 Å². The molecule has 1 fully saturated rings. The van der Waals surface area contributed by atoms with Crippen molar-refractivity contribution in [1.82, 2.24) is 14.7 Å². The fraction of sp³-hybridized carbons (Fsp3) is 0.450. The molecular weight excluding hydrogens is 330 g/mol. The van der Waals surface area contributed by atoms with Crippen LogP contribution in [0.1, 0.15) is 42.7 Å². The van der Waals surface area contributed by atoms with Crippen LogP contribution in [0.4, 0.5) is 0 Å². The van der Waals surface area contributed by atoms with Crippen LogP contribution in [-0.2, 0) is 21.5 Å². The summed E-state index contributed by atoms with van der Waals surface area (Å²) < 4.78 is 1.53. The van der Waals surface area contributed by atoms with Crippen molar-refractivity contribution in [1.29, 1.82) is 0 Å². The normalized spacial score (nSPS) is 21.4. The largest absolute Gasteiger partial charge is 0.479 e. The zero-order valence-corrected chi connectivity index (χ0v) is 14.7. The molecule has 0 saturated carbocycles. The van der Waals surface area contributed by atoms with E-state index in [1.807, 2.05) is 11.0 Å². The van der Waals surface area contributed by atoms with Crippen molar-refractivity contribution < 1.29 is 14.7 Å². The van der Waals surface area contributed by atoms with Crippen molar-refractivity contribution in [3.05, 3.63) is 53.9 Å². The first kappa shape index (κ1) is 16.8. The molecule has 1 aliphatic carbocycles. The number of carbonyl (C=O) groups excluding carboxylic acids is 1. The van der Waals surface area contributed by atoms with E-state index in [0.29, 0.717) is 32.4 Å². The highest BCUT2D eigenvalue weighted by Crippen LogP contribution is 2.36. The predicted octanol–water partition coefficient (Wildman–Crippen LogP) is 2.41. The van der Waals surface area contributed by atoms with Gasteiger partial charge in [-0.25, -0.2) is 4.79 Å². The van der Waals surface area contributed by atoms with Gasteiger partial charge in [-0.05, 0) is 36.0 Å². The Morgan fingerprint density at radius 2 is 1.96 bits per heavy atom. The van der Waals surface area contributed by atoms with Gasteiger partial charge in [0.25, 0.3) is 0 Å². The third kappa shape index (κ3) is 2.79. The summed E-state index contributed by atoms with van der Waals surface area (Å²) in [6.07, 6.45) is 6.63. The molecule has 26 heavy (non-hydrogen) atoms. The van der Waals surface area contributed by atoms with Crippen LogP contribution in [0.25, 0.3) is 0 Å². The number of carboxylic acid groups (broad SMARTS) is 1. The molecule has 1 atom stereocenters. The number of benzene rings is 1. The summed E-state index contributed by atoms with van der Waals surface area (Å²) in [5.74, 6) is -0.458. The third-order valence-corrected chi connectivity index (χ3v) is 5.96. The van der Waals surface area contributed by atoms with E-state index in [1.165, 1.54) is 15.8 Å². The Labute approximate surface area is 152 Å². The lowest BCUT2D eigenvalue weighted by atomic mass is 9.87. The van der Waals surface area contributed by atoms with Gasteiger partial charge in [-0.2, -0.15) is 5.10 Å². The molecule has 0 spiro atoms. The van der Waals surface area contributed by atoms with Crippen LogP contribution < -0.4 is 0 Å². The number of hydrogen-bond acceptors (Lipinski definition) is 3. The minimum absolute atomic E-state index is 0.131. The molecule has 2 heterocycles. The number of carbonyl (C=O) groups is 2. The maximum Gasteiger partial charge on any atom is 0.331 e. The van der Waals surface area contributed by atoms with Gasteiger partial charge < -0.3 is 10.0 Å². The molecule has 1 N–H and O–H groups in total. The highest BCUT2D eigenvalue weighted by molar-refractivity contribution is 5.80. The number of carboxylic acids is 1. The first-order valence-electron chi connectivity index (χ1n) is 9.19. The molecular formula is C20H23N3O3. The van der Waals surface area contributed by atoms with E-state index in [0.717, 1.165) is 12.8 Å². The molecule has 136 valence electrons. The Morgan fingerprint density at radius 1 is 1.19 bits per heavy atom. The number of aliphatic carboxylic acids is 1. The van der Waals surface area contributed by atoms with Crippen LogP contribution in [0.15, 0.2) is 42.7 Å². The zero-order chi connectivity index (χ0) is 18.1. The number of hydrogen-bond donors (Lipinski definition) is 1. The van der Waals surface area contributed by atoms with Crippen molar-refractivity contribution in [3.63, 3.8) is 0 Å². The minimum Gasteiger partial charge on any atom is -0.479 e. The van der Waals surface area contributed by atoms with E-state index in [2.05, 4.69) is 23.3 Å². The van der Waals surface area contributed by atoms with Gasteiger partial charge in [0, 0.05) is 44.7 Å². The summed E-state index contributed by atoms with van der Waals surface area (Å²) in [5, 5.41) is 13.9. The number of likely N-dealkylation sites (tertiary alicyclic amines) is 1. The molecule has 0 bridgehead atoms. The Balaban J connectivity index is 1.42. The summed E-state index contributed by atoms with van der Waals surface area (Å²) in [6.45, 7) is 0.915. The average Bonchev–Trinajstić information content (AvgIpc) is 3.32. The molecule has 4 rings (SSSR count). The smallest absolute Gasteiger partial charge is 0.331 e. The van der Waals surface area contributed by atoms with Crippen LogP contribution in [-0.4, -0.2) is 44.8 Å². The van der Waals surface area contributed by atoms with Gasteiger partial charge in [0.15, 0.2) is 5.54 Å². The monoisotopic (exact) mass is 353 g/mol. The Kier molecular flexibility index (Phi) is 4.26. The first-order valence-corrected chi connectivity index (χ1v) is 9.19. The fourth-order valence-electron chi connectivity index (χ4n) is 4.39. The van der Waals surface area contributed by atoms with E-state index >= 15 is 0 Å². The van der Waals surface area contributed by atoms with Crippen molar-refractivity contribution in [2.75, 3.05) is 13.1 Å². The van der Waals surface area contributed by atoms with Crippen molar-refractivity contribution in [2.24, 2.45) is 0 Å². The maximum absolute atomic E-state index is 12.8. The summed E-state index contributed by atoms with van der Waals surface area (Å²) in [5.41, 5.74) is 1.61. The zero-order valence-electron chi connectivity index (χ0n) is 14.7. The second kappa shape index (κ2) is 6.59. The van der Waals surface area contributed by atoms with E-state index in [-0.39, 0.29) is 11.8 Å². The van der Waals surface area contributed by atoms with Gasteiger partial charge in [0.1, 0.15) is 0 Å². The Hall–Kier alpha value is -2.63. The minimum atomic E-state index is -1.04. The average molecular weight is 353 g/mol. The van der Waals surface area contributed by atoms with Crippen LogP contribution in [0.3, 0.4) is 0 Å². The number of nitrogens with zero attached hydrogens (tertiary/aromatic N) is 3. The fourth-order valence-corrected chi connectivity index (χ4v) is 4.39. The van der Waals surface area contributed by atoms with Gasteiger partial charge in [-0.15, -0.1) is 0 Å². The van der Waals surface area contributed by atoms with E-state index in [4.69, 9.17) is 0 Å². The highest BCUT2D eigenvalue weighted by Gasteiger charge is 2.44. The van der Waals surface area contributed by atoms with Gasteiger partial charge in [-0.1, -0.05) is 24.3 Å². The van der Waals surface area contributed by atoms with Crippen LogP contribution in [0, 0.1) is 0 Å². The molecule has 0 unspecified atom stereocenters. The first-order chi connectivity index (χ1) is 12.6. The Morgan fingerprint density at radius 3 is 2.65 bits per heavy atom. The van der Waals surface area contributed by atoms with Crippen molar-refractivity contribution in [3.8, 4) is 0 Å². The van der Waals surface area contributed by atoms with Crippen molar-refractivity contribution >= 4 is 11.9 Å². The van der Waals surface area contributed by atoms with Gasteiger partial charge in [0.05, 0.1) is 0 Å². The number of piperidine rings is 1. The van der Waals surface area contributed by atoms with E-state index in [9.17, 15) is 14.7 Å². The molecule has 6 heteroatoms. The SMILES string of the molecule is O=C(C[C@@H]1CCc2ccccc21)N1CCC(C(=O)O)(n2cccn2)CC1. The Bertz CT molecular complexity index is 807. The van der Waals surface area contributed by atoms with Crippen LogP contribution >= 0.6 is 0 Å². The van der Waals surface area contributed by atoms with Gasteiger partial charge >= 0.3 is 5.97 Å². The number of rotatable bonds is 4. The van der Waals surface area contributed by atoms with Crippen LogP contribution in [0.5, 0.6) is 0 Å². The lowest BCUT2D eigenvalue weighted by Gasteiger charge is -2.39. The van der Waals surface area contributed by atoms with Gasteiger partial charge in [-0.3, -0.25) is 9.48 Å². The number of amides is 1. The standard InChI is InChI=1S/C20H23N3O3/c24-18(14-16-7-6-15-4-1-2-5-17(15)16)22-12-8-20(9-13-22,19(25)26)23-11-3-10-21-23/h1-5,10-11,16H,6-9,12-14H2,(H,25,26)/t16-/m0/s1. The lowest BCUT2D eigenvalue weighted by molar-refractivity contribution is -0.153. The molecule has 0 radical (unpaired) electrons. The predicted molar refractivity (Wildman–Crippen MR) is 95.8 cm³/mol. The quantitative estimate of drug-likeness (QED) is 0.916. The molecule has 2 aromatic rings. The summed E-state index contributed by atoms with van der Waals surface area (Å²) in [4.78, 5) is 26.5. The second-order valence-electron chi connectivity index (χ2n) is 7.31. The lowest BCUT2D eigenvalue weighted by Crippen LogP contribution is -2.52. The molecule has 2 aliphatic rings. The molecule has 6 nitrogen and oxygen atoms in total. The van der Waals surface area contributed by atoms with Gasteiger partial charge in [0.2, 0.25) is 5.91 Å². The third-order valence-electron chi connectivity index (χ3n) is 5.96. The maximum atomic E-state index is 12.8. The molecule has 1 aliphatic heterocycles. The molecule has 1 aromatic carbocycles. The number of aromatic nitrogens is 2. The highest BCUT2D eigenvalue weighted by atomic mass is 16.4. The second-order valence-corrected chi connectivity index (χ2v) is 7.31. The number of fused-ring (bicyclic) bond motifs is 1. The topological polar surface area (TPSA) is 75.4 Å². The molecule has 1 amide bonds. The summed E-state index contributed by atoms with van der Waals surface area (Å²) in [7, 11) is 0.